The van der Waals surface area contributed by atoms with Crippen LogP contribution in [0.15, 0.2) is 18.2 Å². The van der Waals surface area contributed by atoms with E-state index in [9.17, 15) is 4.79 Å². The van der Waals surface area contributed by atoms with Gasteiger partial charge in [-0.2, -0.15) is 0 Å². The molecule has 1 aliphatic rings. The van der Waals surface area contributed by atoms with Gasteiger partial charge in [-0.1, -0.05) is 38.3 Å². The van der Waals surface area contributed by atoms with Crippen molar-refractivity contribution in [3.63, 3.8) is 0 Å². The molecule has 3 heteroatoms. The standard InChI is InChI=1S/C18H27NO2/c1-3-4-5-6-8-14(2)21-18(20)17-10-7-9-15-13-19-12-11-16(15)17/h7,9-10,14,19H,3-6,8,11-13H2,1-2H3. The topological polar surface area (TPSA) is 38.3 Å². The van der Waals surface area contributed by atoms with Crippen LogP contribution in [0.2, 0.25) is 0 Å². The number of hydrogen-bond acceptors (Lipinski definition) is 3. The van der Waals surface area contributed by atoms with E-state index < -0.39 is 0 Å². The molecular formula is C18H27NO2. The number of fused-ring (bicyclic) bond motifs is 1. The SMILES string of the molecule is CCCCCCC(C)OC(=O)c1cccc2c1CCNC2. The number of carbonyl (C=O) groups excluding carboxylic acids is 1. The van der Waals surface area contributed by atoms with Crippen molar-refractivity contribution in [1.82, 2.24) is 5.32 Å². The smallest absolute Gasteiger partial charge is 0.338 e. The molecule has 1 aliphatic heterocycles. The third kappa shape index (κ3) is 4.57. The molecule has 1 aromatic rings. The summed E-state index contributed by atoms with van der Waals surface area (Å²) in [6, 6.07) is 5.94. The highest BCUT2D eigenvalue weighted by Gasteiger charge is 2.19. The Balaban J connectivity index is 1.91. The maximum atomic E-state index is 12.4. The van der Waals surface area contributed by atoms with Crippen LogP contribution in [0.25, 0.3) is 0 Å². The lowest BCUT2D eigenvalue weighted by molar-refractivity contribution is 0.0318. The zero-order chi connectivity index (χ0) is 15.1. The molecule has 1 N–H and O–H groups in total. The van der Waals surface area contributed by atoms with Crippen molar-refractivity contribution in [3.05, 3.63) is 34.9 Å². The number of ether oxygens (including phenoxy) is 1. The average molecular weight is 289 g/mol. The predicted octanol–water partition coefficient (Wildman–Crippen LogP) is 3.85. The van der Waals surface area contributed by atoms with Gasteiger partial charge in [-0.3, -0.25) is 0 Å². The minimum Gasteiger partial charge on any atom is -0.459 e. The maximum Gasteiger partial charge on any atom is 0.338 e. The number of benzene rings is 1. The fraction of sp³-hybridized carbons (Fsp3) is 0.611. The van der Waals surface area contributed by atoms with Crippen LogP contribution in [-0.4, -0.2) is 18.6 Å². The second-order valence-corrected chi connectivity index (χ2v) is 5.94. The average Bonchev–Trinajstić information content (AvgIpc) is 2.51. The van der Waals surface area contributed by atoms with E-state index in [0.717, 1.165) is 37.9 Å². The zero-order valence-corrected chi connectivity index (χ0v) is 13.3. The summed E-state index contributed by atoms with van der Waals surface area (Å²) in [6.45, 7) is 5.99. The van der Waals surface area contributed by atoms with Crippen LogP contribution in [0.1, 0.15) is 67.4 Å². The van der Waals surface area contributed by atoms with Crippen LogP contribution in [-0.2, 0) is 17.7 Å². The molecule has 0 radical (unpaired) electrons. The van der Waals surface area contributed by atoms with Gasteiger partial charge in [-0.25, -0.2) is 4.79 Å². The minimum atomic E-state index is -0.156. The predicted molar refractivity (Wildman–Crippen MR) is 85.5 cm³/mol. The maximum absolute atomic E-state index is 12.4. The van der Waals surface area contributed by atoms with Crippen LogP contribution in [0, 0.1) is 0 Å². The monoisotopic (exact) mass is 289 g/mol. The molecule has 1 aromatic carbocycles. The first-order chi connectivity index (χ1) is 10.2. The highest BCUT2D eigenvalue weighted by atomic mass is 16.5. The van der Waals surface area contributed by atoms with E-state index in [1.165, 1.54) is 30.4 Å². The first-order valence-electron chi connectivity index (χ1n) is 8.24. The van der Waals surface area contributed by atoms with Crippen molar-refractivity contribution in [1.29, 1.82) is 0 Å². The van der Waals surface area contributed by atoms with E-state index in [4.69, 9.17) is 4.74 Å². The normalized spacial score (nSPS) is 15.3. The molecular weight excluding hydrogens is 262 g/mol. The Hall–Kier alpha value is -1.35. The van der Waals surface area contributed by atoms with E-state index in [1.807, 2.05) is 19.1 Å². The van der Waals surface area contributed by atoms with Crippen molar-refractivity contribution in [3.8, 4) is 0 Å². The molecule has 1 atom stereocenters. The molecule has 0 saturated heterocycles. The number of hydrogen-bond donors (Lipinski definition) is 1. The molecule has 3 nitrogen and oxygen atoms in total. The minimum absolute atomic E-state index is 0.00641. The van der Waals surface area contributed by atoms with Gasteiger partial charge in [0, 0.05) is 6.54 Å². The summed E-state index contributed by atoms with van der Waals surface area (Å²) in [4.78, 5) is 12.4. The molecule has 1 heterocycles. The van der Waals surface area contributed by atoms with Gasteiger partial charge in [-0.15, -0.1) is 0 Å². The van der Waals surface area contributed by atoms with Crippen molar-refractivity contribution in [2.75, 3.05) is 6.54 Å². The number of unbranched alkanes of at least 4 members (excludes halogenated alkanes) is 3. The molecule has 2 rings (SSSR count). The molecule has 1 unspecified atom stereocenters. The number of nitrogens with one attached hydrogen (secondary N) is 1. The zero-order valence-electron chi connectivity index (χ0n) is 13.3. The van der Waals surface area contributed by atoms with Crippen molar-refractivity contribution in [2.45, 2.75) is 65.0 Å². The Labute approximate surface area is 128 Å². The highest BCUT2D eigenvalue weighted by molar-refractivity contribution is 5.91. The van der Waals surface area contributed by atoms with E-state index in [-0.39, 0.29) is 12.1 Å². The molecule has 0 aromatic heterocycles. The largest absolute Gasteiger partial charge is 0.459 e. The molecule has 0 spiro atoms. The molecule has 0 aliphatic carbocycles. The lowest BCUT2D eigenvalue weighted by atomic mass is 9.95. The van der Waals surface area contributed by atoms with Gasteiger partial charge in [0.2, 0.25) is 0 Å². The van der Waals surface area contributed by atoms with Crippen molar-refractivity contribution >= 4 is 5.97 Å². The summed E-state index contributed by atoms with van der Waals surface area (Å²) < 4.78 is 5.62. The fourth-order valence-corrected chi connectivity index (χ4v) is 2.89. The van der Waals surface area contributed by atoms with Gasteiger partial charge in [0.15, 0.2) is 0 Å². The Kier molecular flexibility index (Phi) is 6.24. The first kappa shape index (κ1) is 16.0. The second-order valence-electron chi connectivity index (χ2n) is 5.94. The number of esters is 1. The van der Waals surface area contributed by atoms with Gasteiger partial charge in [-0.05, 0) is 49.9 Å². The molecule has 0 amide bonds. The Morgan fingerprint density at radius 3 is 3.00 bits per heavy atom. The van der Waals surface area contributed by atoms with E-state index in [1.54, 1.807) is 0 Å². The third-order valence-electron chi connectivity index (χ3n) is 4.13. The Bertz CT molecular complexity index is 470. The second kappa shape index (κ2) is 8.18. The van der Waals surface area contributed by atoms with Crippen LogP contribution >= 0.6 is 0 Å². The van der Waals surface area contributed by atoms with Gasteiger partial charge in [0.1, 0.15) is 0 Å². The van der Waals surface area contributed by atoms with Crippen LogP contribution in [0.3, 0.4) is 0 Å². The van der Waals surface area contributed by atoms with Gasteiger partial charge < -0.3 is 10.1 Å². The summed E-state index contributed by atoms with van der Waals surface area (Å²) in [5, 5.41) is 3.34. The summed E-state index contributed by atoms with van der Waals surface area (Å²) in [6.07, 6.45) is 6.74. The van der Waals surface area contributed by atoms with E-state index in [2.05, 4.69) is 18.3 Å². The van der Waals surface area contributed by atoms with Crippen LogP contribution in [0.5, 0.6) is 0 Å². The third-order valence-corrected chi connectivity index (χ3v) is 4.13. The lowest BCUT2D eigenvalue weighted by Crippen LogP contribution is -2.26. The number of rotatable bonds is 7. The van der Waals surface area contributed by atoms with Crippen molar-refractivity contribution in [2.24, 2.45) is 0 Å². The fourth-order valence-electron chi connectivity index (χ4n) is 2.89. The summed E-state index contributed by atoms with van der Waals surface area (Å²) in [7, 11) is 0. The molecule has 0 fully saturated rings. The summed E-state index contributed by atoms with van der Waals surface area (Å²) in [5.41, 5.74) is 3.15. The number of carbonyl (C=O) groups is 1. The van der Waals surface area contributed by atoms with Crippen molar-refractivity contribution < 1.29 is 9.53 Å². The highest BCUT2D eigenvalue weighted by Crippen LogP contribution is 2.20. The van der Waals surface area contributed by atoms with Crippen LogP contribution < -0.4 is 5.32 Å². The van der Waals surface area contributed by atoms with Gasteiger partial charge in [0.25, 0.3) is 0 Å². The van der Waals surface area contributed by atoms with Gasteiger partial charge in [0.05, 0.1) is 11.7 Å². The Morgan fingerprint density at radius 2 is 2.19 bits per heavy atom. The van der Waals surface area contributed by atoms with Crippen LogP contribution in [0.4, 0.5) is 0 Å². The molecule has 21 heavy (non-hydrogen) atoms. The Morgan fingerprint density at radius 1 is 1.33 bits per heavy atom. The summed E-state index contributed by atoms with van der Waals surface area (Å²) in [5.74, 6) is -0.156. The molecule has 0 saturated carbocycles. The molecule has 116 valence electrons. The first-order valence-corrected chi connectivity index (χ1v) is 8.24. The lowest BCUT2D eigenvalue weighted by Gasteiger charge is -2.20. The van der Waals surface area contributed by atoms with Gasteiger partial charge >= 0.3 is 5.97 Å². The van der Waals surface area contributed by atoms with E-state index in [0.29, 0.717) is 0 Å². The summed E-state index contributed by atoms with van der Waals surface area (Å²) >= 11 is 0. The van der Waals surface area contributed by atoms with E-state index >= 15 is 0 Å². The quantitative estimate of drug-likeness (QED) is 0.612. The molecule has 0 bridgehead atoms.